The van der Waals surface area contributed by atoms with E-state index in [1.54, 1.807) is 23.1 Å². The van der Waals surface area contributed by atoms with Crippen LogP contribution in [-0.2, 0) is 4.79 Å². The number of aliphatic carboxylic acids is 1. The van der Waals surface area contributed by atoms with Crippen molar-refractivity contribution in [3.63, 3.8) is 0 Å². The third-order valence-electron chi connectivity index (χ3n) is 7.49. The molecule has 41 heavy (non-hydrogen) atoms. The number of carboxylic acids is 1. The molecule has 1 saturated heterocycles. The van der Waals surface area contributed by atoms with Gasteiger partial charge in [-0.1, -0.05) is 34.5 Å². The van der Waals surface area contributed by atoms with Gasteiger partial charge in [0.25, 0.3) is 5.91 Å². The number of aromatic nitrogens is 2. The highest BCUT2D eigenvalue weighted by Crippen LogP contribution is 2.37. The lowest BCUT2D eigenvalue weighted by molar-refractivity contribution is -0.143. The number of anilines is 1. The summed E-state index contributed by atoms with van der Waals surface area (Å²) in [5, 5.41) is 20.1. The lowest BCUT2D eigenvalue weighted by Gasteiger charge is -2.30. The van der Waals surface area contributed by atoms with Crippen molar-refractivity contribution in [3.8, 4) is 16.3 Å². The normalized spacial score (nSPS) is 15.8. The maximum Gasteiger partial charge on any atom is 0.306 e. The van der Waals surface area contributed by atoms with Gasteiger partial charge in [-0.15, -0.1) is 22.6 Å². The van der Waals surface area contributed by atoms with Crippen molar-refractivity contribution in [3.05, 3.63) is 57.1 Å². The topological polar surface area (TPSA) is 95.9 Å². The Morgan fingerprint density at radius 1 is 1.07 bits per heavy atom. The zero-order valence-electron chi connectivity index (χ0n) is 22.9. The zero-order valence-corrected chi connectivity index (χ0v) is 26.1. The highest BCUT2D eigenvalue weighted by molar-refractivity contribution is 7.18. The number of amides is 1. The molecule has 2 aliphatic rings. The van der Waals surface area contributed by atoms with Crippen molar-refractivity contribution in [1.29, 1.82) is 0 Å². The number of rotatable bonds is 10. The molecule has 1 N–H and O–H groups in total. The molecule has 1 saturated carbocycles. The minimum absolute atomic E-state index is 0. The highest BCUT2D eigenvalue weighted by Gasteiger charge is 2.31. The summed E-state index contributed by atoms with van der Waals surface area (Å²) in [5.74, 6) is 0.158. The van der Waals surface area contributed by atoms with Gasteiger partial charge < -0.3 is 9.84 Å². The molecule has 220 valence electrons. The average Bonchev–Trinajstić information content (AvgIpc) is 3.61. The minimum Gasteiger partial charge on any atom is -0.492 e. The number of benzene rings is 2. The number of nitrogens with zero attached hydrogens (tertiary/aromatic N) is 4. The number of carboxylic acid groups (broad SMARTS) is 1. The summed E-state index contributed by atoms with van der Waals surface area (Å²) in [4.78, 5) is 28.6. The maximum absolute atomic E-state index is 13.5. The Bertz CT molecular complexity index is 1380. The van der Waals surface area contributed by atoms with Crippen LogP contribution in [0.2, 0.25) is 10.0 Å². The van der Waals surface area contributed by atoms with E-state index in [4.69, 9.17) is 27.9 Å². The molecule has 2 fully saturated rings. The van der Waals surface area contributed by atoms with Crippen LogP contribution in [0.4, 0.5) is 5.13 Å². The Hall–Kier alpha value is -2.43. The zero-order chi connectivity index (χ0) is 28.4. The lowest BCUT2D eigenvalue weighted by atomic mass is 9.97. The molecule has 0 bridgehead atoms. The van der Waals surface area contributed by atoms with Crippen molar-refractivity contribution < 1.29 is 19.4 Å². The first-order chi connectivity index (χ1) is 19.2. The Morgan fingerprint density at radius 2 is 1.76 bits per heavy atom. The summed E-state index contributed by atoms with van der Waals surface area (Å²) in [6.45, 7) is 7.45. The van der Waals surface area contributed by atoms with E-state index in [-0.39, 0.29) is 24.2 Å². The summed E-state index contributed by atoms with van der Waals surface area (Å²) in [5.41, 5.74) is 3.30. The van der Waals surface area contributed by atoms with Gasteiger partial charge in [0.15, 0.2) is 0 Å². The molecule has 1 aliphatic carbocycles. The van der Waals surface area contributed by atoms with Gasteiger partial charge in [0.1, 0.15) is 17.4 Å². The SMILES string of the molecule is Cc1cc(-c2nnc(N(CC3CC3)C(=O)c3ccc(Cl)cc3Cl)s2)cc(C)c1OCCN1CCC(C(=O)O)CC1.Cl. The number of hydrogen-bond acceptors (Lipinski definition) is 7. The second-order valence-electron chi connectivity index (χ2n) is 10.6. The summed E-state index contributed by atoms with van der Waals surface area (Å²) in [6, 6.07) is 8.96. The molecule has 3 aromatic rings. The first-order valence-corrected chi connectivity index (χ1v) is 15.1. The van der Waals surface area contributed by atoms with Crippen molar-refractivity contribution in [2.75, 3.05) is 37.7 Å². The van der Waals surface area contributed by atoms with E-state index in [1.165, 1.54) is 11.3 Å². The number of aryl methyl sites for hydroxylation is 2. The van der Waals surface area contributed by atoms with Crippen LogP contribution >= 0.6 is 46.9 Å². The summed E-state index contributed by atoms with van der Waals surface area (Å²) < 4.78 is 6.16. The van der Waals surface area contributed by atoms with E-state index in [1.807, 2.05) is 26.0 Å². The average molecular weight is 640 g/mol. The molecule has 1 aromatic heterocycles. The molecule has 0 spiro atoms. The quantitative estimate of drug-likeness (QED) is 0.261. The van der Waals surface area contributed by atoms with E-state index in [2.05, 4.69) is 15.1 Å². The molecule has 12 heteroatoms. The summed E-state index contributed by atoms with van der Waals surface area (Å²) in [7, 11) is 0. The van der Waals surface area contributed by atoms with Gasteiger partial charge >= 0.3 is 5.97 Å². The standard InChI is InChI=1S/C29H32Cl2N4O4S.ClH/c1-17-13-21(14-18(2)25(17)39-12-11-34-9-7-20(8-10-34)28(37)38)26-32-33-29(40-26)35(16-19-3-4-19)27(36)23-6-5-22(30)15-24(23)31;/h5-6,13-15,19-20H,3-4,7-12,16H2,1-2H3,(H,37,38);1H. The smallest absolute Gasteiger partial charge is 0.306 e. The Morgan fingerprint density at radius 3 is 2.37 bits per heavy atom. The molecule has 0 unspecified atom stereocenters. The fourth-order valence-corrected chi connectivity index (χ4v) is 6.37. The van der Waals surface area contributed by atoms with Crippen LogP contribution in [0.15, 0.2) is 30.3 Å². The monoisotopic (exact) mass is 638 g/mol. The highest BCUT2D eigenvalue weighted by atomic mass is 35.5. The van der Waals surface area contributed by atoms with Crippen LogP contribution in [0.3, 0.4) is 0 Å². The van der Waals surface area contributed by atoms with E-state index in [9.17, 15) is 14.7 Å². The van der Waals surface area contributed by atoms with Crippen LogP contribution in [0.25, 0.3) is 10.6 Å². The third-order valence-corrected chi connectivity index (χ3v) is 9.03. The van der Waals surface area contributed by atoms with Crippen molar-refractivity contribution in [1.82, 2.24) is 15.1 Å². The Kier molecular flexibility index (Phi) is 10.5. The van der Waals surface area contributed by atoms with Crippen LogP contribution in [0.5, 0.6) is 5.75 Å². The van der Waals surface area contributed by atoms with Gasteiger partial charge in [0.05, 0.1) is 16.5 Å². The largest absolute Gasteiger partial charge is 0.492 e. The number of hydrogen-bond donors (Lipinski definition) is 1. The second-order valence-corrected chi connectivity index (χ2v) is 12.4. The van der Waals surface area contributed by atoms with Gasteiger partial charge in [-0.2, -0.15) is 0 Å². The first kappa shape index (κ1) is 31.5. The van der Waals surface area contributed by atoms with Gasteiger partial charge in [0.2, 0.25) is 5.13 Å². The molecule has 0 atom stereocenters. The van der Waals surface area contributed by atoms with Crippen LogP contribution in [-0.4, -0.2) is 64.9 Å². The molecule has 5 rings (SSSR count). The molecule has 1 amide bonds. The Balaban J connectivity index is 0.00000387. The third kappa shape index (κ3) is 7.70. The molecule has 0 radical (unpaired) electrons. The lowest BCUT2D eigenvalue weighted by Crippen LogP contribution is -2.38. The number of halogens is 3. The summed E-state index contributed by atoms with van der Waals surface area (Å²) >= 11 is 13.8. The maximum atomic E-state index is 13.5. The van der Waals surface area contributed by atoms with Gasteiger partial charge in [-0.05, 0) is 100.0 Å². The van der Waals surface area contributed by atoms with Crippen molar-refractivity contribution >= 4 is 64.0 Å². The van der Waals surface area contributed by atoms with Gasteiger partial charge in [-0.25, -0.2) is 0 Å². The summed E-state index contributed by atoms with van der Waals surface area (Å²) in [6.07, 6.45) is 3.54. The minimum atomic E-state index is -0.696. The van der Waals surface area contributed by atoms with E-state index in [0.29, 0.717) is 52.7 Å². The number of piperidine rings is 1. The molecule has 1 aliphatic heterocycles. The molecule has 2 aromatic carbocycles. The number of likely N-dealkylation sites (tertiary alicyclic amines) is 1. The van der Waals surface area contributed by atoms with Crippen LogP contribution < -0.4 is 9.64 Å². The molecular weight excluding hydrogens is 607 g/mol. The van der Waals surface area contributed by atoms with E-state index >= 15 is 0 Å². The van der Waals surface area contributed by atoms with E-state index < -0.39 is 5.97 Å². The number of carbonyl (C=O) groups excluding carboxylic acids is 1. The van der Waals surface area contributed by atoms with Crippen molar-refractivity contribution in [2.45, 2.75) is 39.5 Å². The van der Waals surface area contributed by atoms with E-state index in [0.717, 1.165) is 59.9 Å². The van der Waals surface area contributed by atoms with Gasteiger partial charge in [0, 0.05) is 23.7 Å². The van der Waals surface area contributed by atoms with Crippen LogP contribution in [0, 0.1) is 25.7 Å². The fourth-order valence-electron chi connectivity index (χ4n) is 5.04. The van der Waals surface area contributed by atoms with Crippen molar-refractivity contribution in [2.24, 2.45) is 11.8 Å². The first-order valence-electron chi connectivity index (χ1n) is 13.5. The number of ether oxygens (including phenoxy) is 1. The molecule has 2 heterocycles. The second kappa shape index (κ2) is 13.7. The Labute approximate surface area is 260 Å². The van der Waals surface area contributed by atoms with Crippen LogP contribution in [0.1, 0.15) is 47.2 Å². The molecular formula is C29H33Cl3N4O4S. The predicted molar refractivity (Wildman–Crippen MR) is 165 cm³/mol. The molecule has 8 nitrogen and oxygen atoms in total. The van der Waals surface area contributed by atoms with Gasteiger partial charge in [-0.3, -0.25) is 19.4 Å². The predicted octanol–water partition coefficient (Wildman–Crippen LogP) is 6.78. The fraction of sp³-hybridized carbons (Fsp3) is 0.448. The number of carbonyl (C=O) groups is 2.